The minimum absolute atomic E-state index is 0.0658. The molecule has 1 aromatic carbocycles. The molecule has 0 saturated carbocycles. The molecule has 0 bridgehead atoms. The Bertz CT molecular complexity index is 491. The lowest BCUT2D eigenvalue weighted by Gasteiger charge is -2.22. The third-order valence-corrected chi connectivity index (χ3v) is 3.98. The molecule has 1 aliphatic rings. The van der Waals surface area contributed by atoms with E-state index in [9.17, 15) is 18.0 Å². The second-order valence-electron chi connectivity index (χ2n) is 5.71. The molecular weight excluding hydrogens is 293 g/mol. The molecule has 6 heteroatoms. The number of hydrogen-bond donors (Lipinski definition) is 1. The molecule has 0 aliphatic carbocycles. The first-order chi connectivity index (χ1) is 10.4. The number of nitrogens with one attached hydrogen (secondary N) is 1. The molecule has 22 heavy (non-hydrogen) atoms. The highest BCUT2D eigenvalue weighted by atomic mass is 19.4. The molecule has 1 amide bonds. The van der Waals surface area contributed by atoms with Crippen molar-refractivity contribution in [1.82, 2.24) is 10.2 Å². The van der Waals surface area contributed by atoms with E-state index in [-0.39, 0.29) is 11.8 Å². The van der Waals surface area contributed by atoms with E-state index in [2.05, 4.69) is 5.32 Å². The van der Waals surface area contributed by atoms with E-state index in [1.807, 2.05) is 11.8 Å². The van der Waals surface area contributed by atoms with Crippen LogP contribution in [0.25, 0.3) is 0 Å². The van der Waals surface area contributed by atoms with Gasteiger partial charge in [-0.25, -0.2) is 0 Å². The summed E-state index contributed by atoms with van der Waals surface area (Å²) in [4.78, 5) is 14.1. The third kappa shape index (κ3) is 4.47. The number of amides is 1. The monoisotopic (exact) mass is 314 g/mol. The van der Waals surface area contributed by atoms with E-state index in [1.165, 1.54) is 12.1 Å². The molecule has 1 aliphatic heterocycles. The molecule has 1 saturated heterocycles. The number of hydrogen-bond acceptors (Lipinski definition) is 2. The molecule has 2 rings (SSSR count). The van der Waals surface area contributed by atoms with Crippen LogP contribution in [0, 0.1) is 0 Å². The zero-order chi connectivity index (χ0) is 16.2. The van der Waals surface area contributed by atoms with E-state index in [0.717, 1.165) is 43.8 Å². The van der Waals surface area contributed by atoms with Crippen molar-refractivity contribution < 1.29 is 18.0 Å². The predicted molar refractivity (Wildman–Crippen MR) is 78.5 cm³/mol. The lowest BCUT2D eigenvalue weighted by molar-refractivity contribution is -0.137. The molecule has 3 nitrogen and oxygen atoms in total. The van der Waals surface area contributed by atoms with Crippen molar-refractivity contribution in [2.45, 2.75) is 31.9 Å². The first-order valence-electron chi connectivity index (χ1n) is 7.53. The fraction of sp³-hybridized carbons (Fsp3) is 0.562. The summed E-state index contributed by atoms with van der Waals surface area (Å²) in [6.45, 7) is 5.01. The number of carbonyl (C=O) groups excluding carboxylic acids is 1. The largest absolute Gasteiger partial charge is 0.416 e. The van der Waals surface area contributed by atoms with Gasteiger partial charge in [0.2, 0.25) is 5.91 Å². The quantitative estimate of drug-likeness (QED) is 0.930. The molecule has 1 atom stereocenters. The Balaban J connectivity index is 1.96. The van der Waals surface area contributed by atoms with Crippen molar-refractivity contribution in [3.05, 3.63) is 35.4 Å². The van der Waals surface area contributed by atoms with Crippen molar-refractivity contribution in [3.63, 3.8) is 0 Å². The van der Waals surface area contributed by atoms with Crippen LogP contribution in [-0.2, 0) is 11.0 Å². The first-order valence-corrected chi connectivity index (χ1v) is 7.53. The highest BCUT2D eigenvalue weighted by Gasteiger charge is 2.30. The van der Waals surface area contributed by atoms with Gasteiger partial charge in [0.1, 0.15) is 0 Å². The van der Waals surface area contributed by atoms with Gasteiger partial charge in [0.05, 0.1) is 5.56 Å². The van der Waals surface area contributed by atoms with Crippen molar-refractivity contribution >= 4 is 5.91 Å². The van der Waals surface area contributed by atoms with Gasteiger partial charge < -0.3 is 10.2 Å². The fourth-order valence-corrected chi connectivity index (χ4v) is 2.60. The van der Waals surface area contributed by atoms with Crippen LogP contribution >= 0.6 is 0 Å². The standard InChI is InChI=1S/C16H21F3N2O/c1-12(11-15(22)21-9-2-7-20-8-10-21)13-3-5-14(6-4-13)16(17,18)19/h3-6,12,20H,2,7-11H2,1H3. The maximum absolute atomic E-state index is 12.5. The van der Waals surface area contributed by atoms with Gasteiger partial charge in [0, 0.05) is 26.1 Å². The highest BCUT2D eigenvalue weighted by Crippen LogP contribution is 2.30. The van der Waals surface area contributed by atoms with Crippen LogP contribution in [0.1, 0.15) is 36.8 Å². The molecule has 0 aromatic heterocycles. The van der Waals surface area contributed by atoms with E-state index < -0.39 is 11.7 Å². The number of nitrogens with zero attached hydrogens (tertiary/aromatic N) is 1. The van der Waals surface area contributed by atoms with Crippen molar-refractivity contribution in [3.8, 4) is 0 Å². The Labute approximate surface area is 128 Å². The average Bonchev–Trinajstić information content (AvgIpc) is 2.75. The van der Waals surface area contributed by atoms with Crippen molar-refractivity contribution in [1.29, 1.82) is 0 Å². The Morgan fingerprint density at radius 2 is 1.91 bits per heavy atom. The number of alkyl halides is 3. The van der Waals surface area contributed by atoms with Gasteiger partial charge in [-0.3, -0.25) is 4.79 Å². The number of halogens is 3. The van der Waals surface area contributed by atoms with Crippen LogP contribution in [0.4, 0.5) is 13.2 Å². The molecule has 1 N–H and O–H groups in total. The maximum Gasteiger partial charge on any atom is 0.416 e. The second kappa shape index (κ2) is 7.13. The summed E-state index contributed by atoms with van der Waals surface area (Å²) in [5.74, 6) is -0.0258. The van der Waals surface area contributed by atoms with Gasteiger partial charge in [-0.1, -0.05) is 19.1 Å². The third-order valence-electron chi connectivity index (χ3n) is 3.98. The predicted octanol–water partition coefficient (Wildman–Crippen LogP) is 3.02. The molecule has 0 spiro atoms. The van der Waals surface area contributed by atoms with Crippen LogP contribution in [-0.4, -0.2) is 37.0 Å². The van der Waals surface area contributed by atoms with Crippen molar-refractivity contribution in [2.24, 2.45) is 0 Å². The summed E-state index contributed by atoms with van der Waals surface area (Å²) in [5, 5.41) is 3.24. The Kier molecular flexibility index (Phi) is 5.45. The van der Waals surface area contributed by atoms with Crippen LogP contribution in [0.2, 0.25) is 0 Å². The van der Waals surface area contributed by atoms with E-state index >= 15 is 0 Å². The van der Waals surface area contributed by atoms with Crippen LogP contribution in [0.5, 0.6) is 0 Å². The Morgan fingerprint density at radius 1 is 1.23 bits per heavy atom. The fourth-order valence-electron chi connectivity index (χ4n) is 2.60. The van der Waals surface area contributed by atoms with Crippen molar-refractivity contribution in [2.75, 3.05) is 26.2 Å². The van der Waals surface area contributed by atoms with Gasteiger partial charge in [0.25, 0.3) is 0 Å². The molecule has 1 aromatic rings. The van der Waals surface area contributed by atoms with Gasteiger partial charge in [-0.2, -0.15) is 13.2 Å². The molecule has 0 radical (unpaired) electrons. The number of carbonyl (C=O) groups is 1. The summed E-state index contributed by atoms with van der Waals surface area (Å²) < 4.78 is 37.6. The van der Waals surface area contributed by atoms with E-state index in [0.29, 0.717) is 13.0 Å². The van der Waals surface area contributed by atoms with Crippen LogP contribution < -0.4 is 5.32 Å². The number of benzene rings is 1. The van der Waals surface area contributed by atoms with Crippen LogP contribution in [0.15, 0.2) is 24.3 Å². The molecule has 1 unspecified atom stereocenters. The minimum atomic E-state index is -4.32. The zero-order valence-electron chi connectivity index (χ0n) is 12.6. The SMILES string of the molecule is CC(CC(=O)N1CCCNCC1)c1ccc(C(F)(F)F)cc1. The molecule has 1 fully saturated rings. The van der Waals surface area contributed by atoms with E-state index in [4.69, 9.17) is 0 Å². The summed E-state index contributed by atoms with van der Waals surface area (Å²) >= 11 is 0. The molecule has 122 valence electrons. The van der Waals surface area contributed by atoms with Gasteiger partial charge in [-0.15, -0.1) is 0 Å². The smallest absolute Gasteiger partial charge is 0.341 e. The Hall–Kier alpha value is -1.56. The molecule has 1 heterocycles. The first kappa shape index (κ1) is 16.8. The van der Waals surface area contributed by atoms with Gasteiger partial charge >= 0.3 is 6.18 Å². The minimum Gasteiger partial charge on any atom is -0.341 e. The lowest BCUT2D eigenvalue weighted by Crippen LogP contribution is -2.34. The second-order valence-corrected chi connectivity index (χ2v) is 5.71. The summed E-state index contributed by atoms with van der Waals surface area (Å²) in [7, 11) is 0. The normalized spacial score (nSPS) is 17.9. The highest BCUT2D eigenvalue weighted by molar-refractivity contribution is 5.77. The topological polar surface area (TPSA) is 32.3 Å². The average molecular weight is 314 g/mol. The van der Waals surface area contributed by atoms with Gasteiger partial charge in [0.15, 0.2) is 0 Å². The van der Waals surface area contributed by atoms with Gasteiger partial charge in [-0.05, 0) is 36.6 Å². The summed E-state index contributed by atoms with van der Waals surface area (Å²) in [5.41, 5.74) is 0.0997. The summed E-state index contributed by atoms with van der Waals surface area (Å²) in [6.07, 6.45) is -3.07. The maximum atomic E-state index is 12.5. The Morgan fingerprint density at radius 3 is 2.55 bits per heavy atom. The lowest BCUT2D eigenvalue weighted by atomic mass is 9.96. The van der Waals surface area contributed by atoms with Crippen LogP contribution in [0.3, 0.4) is 0 Å². The number of rotatable bonds is 3. The summed E-state index contributed by atoms with van der Waals surface area (Å²) in [6, 6.07) is 5.08. The zero-order valence-corrected chi connectivity index (χ0v) is 12.6. The molecular formula is C16H21F3N2O. The van der Waals surface area contributed by atoms with E-state index in [1.54, 1.807) is 0 Å².